The number of rotatable bonds is 5. The number of likely N-dealkylation sites (N-methyl/N-ethyl adjacent to an activating group) is 2. The second-order valence-corrected chi connectivity index (χ2v) is 6.52. The molecule has 0 atom stereocenters. The molecule has 0 spiro atoms. The van der Waals surface area contributed by atoms with E-state index in [0.717, 1.165) is 19.6 Å². The summed E-state index contributed by atoms with van der Waals surface area (Å²) in [6.07, 6.45) is 2.36. The summed E-state index contributed by atoms with van der Waals surface area (Å²) < 4.78 is 0. The Morgan fingerprint density at radius 1 is 1.29 bits per heavy atom. The third-order valence-corrected chi connectivity index (χ3v) is 4.74. The highest BCUT2D eigenvalue weighted by atomic mass is 16.2. The predicted octanol–water partition coefficient (Wildman–Crippen LogP) is 2.05. The van der Waals surface area contributed by atoms with E-state index in [-0.39, 0.29) is 6.03 Å². The highest BCUT2D eigenvalue weighted by Gasteiger charge is 2.21. The topological polar surface area (TPSA) is 62.6 Å². The normalized spacial score (nSPS) is 16.0. The van der Waals surface area contributed by atoms with Crippen LogP contribution in [0.4, 0.5) is 10.5 Å². The van der Waals surface area contributed by atoms with Crippen LogP contribution in [0.25, 0.3) is 0 Å². The van der Waals surface area contributed by atoms with E-state index in [4.69, 9.17) is 5.26 Å². The van der Waals surface area contributed by atoms with Crippen molar-refractivity contribution in [1.82, 2.24) is 14.7 Å². The predicted molar refractivity (Wildman–Crippen MR) is 96.0 cm³/mol. The SMILES string of the molecule is CN1CCC(N(C)CCN(C)C(=O)Nc2ccccc2C#N)CC1. The van der Waals surface area contributed by atoms with E-state index in [0.29, 0.717) is 23.8 Å². The Kier molecular flexibility index (Phi) is 6.59. The number of carbonyl (C=O) groups is 1. The monoisotopic (exact) mass is 329 g/mol. The maximum absolute atomic E-state index is 12.3. The Morgan fingerprint density at radius 3 is 2.62 bits per heavy atom. The summed E-state index contributed by atoms with van der Waals surface area (Å²) in [5.41, 5.74) is 1.03. The van der Waals surface area contributed by atoms with Crippen molar-refractivity contribution >= 4 is 11.7 Å². The first-order chi connectivity index (χ1) is 11.5. The molecular formula is C18H27N5O. The van der Waals surface area contributed by atoms with Gasteiger partial charge in [0.15, 0.2) is 0 Å². The van der Waals surface area contributed by atoms with Crippen LogP contribution >= 0.6 is 0 Å². The molecule has 6 heteroatoms. The van der Waals surface area contributed by atoms with E-state index in [1.54, 1.807) is 30.1 Å². The second kappa shape index (κ2) is 8.67. The first kappa shape index (κ1) is 18.2. The second-order valence-electron chi connectivity index (χ2n) is 6.52. The molecule has 0 aliphatic carbocycles. The van der Waals surface area contributed by atoms with Gasteiger partial charge in [-0.3, -0.25) is 0 Å². The molecule has 130 valence electrons. The molecule has 1 aromatic rings. The van der Waals surface area contributed by atoms with Gasteiger partial charge in [-0.25, -0.2) is 4.79 Å². The first-order valence-electron chi connectivity index (χ1n) is 8.41. The number of nitrogens with zero attached hydrogens (tertiary/aromatic N) is 4. The van der Waals surface area contributed by atoms with E-state index in [1.165, 1.54) is 12.8 Å². The number of anilines is 1. The Morgan fingerprint density at radius 2 is 1.96 bits per heavy atom. The lowest BCUT2D eigenvalue weighted by molar-refractivity contribution is 0.136. The van der Waals surface area contributed by atoms with Crippen LogP contribution in [0.5, 0.6) is 0 Å². The molecule has 0 aromatic heterocycles. The van der Waals surface area contributed by atoms with Crippen molar-refractivity contribution in [3.63, 3.8) is 0 Å². The molecule has 1 heterocycles. The molecule has 2 rings (SSSR count). The van der Waals surface area contributed by atoms with E-state index in [1.807, 2.05) is 6.07 Å². The Bertz CT molecular complexity index is 589. The number of nitrogens with one attached hydrogen (secondary N) is 1. The minimum atomic E-state index is -0.186. The molecule has 0 radical (unpaired) electrons. The minimum absolute atomic E-state index is 0.186. The number of urea groups is 1. The smallest absolute Gasteiger partial charge is 0.321 e. The molecular weight excluding hydrogens is 302 g/mol. The van der Waals surface area contributed by atoms with Crippen LogP contribution in [0.1, 0.15) is 18.4 Å². The number of nitriles is 1. The molecule has 0 saturated carbocycles. The van der Waals surface area contributed by atoms with Gasteiger partial charge in [-0.05, 0) is 52.2 Å². The number of hydrogen-bond acceptors (Lipinski definition) is 4. The van der Waals surface area contributed by atoms with Gasteiger partial charge in [0, 0.05) is 26.2 Å². The molecule has 0 unspecified atom stereocenters. The fraction of sp³-hybridized carbons (Fsp3) is 0.556. The van der Waals surface area contributed by atoms with Crippen molar-refractivity contribution < 1.29 is 4.79 Å². The molecule has 0 bridgehead atoms. The van der Waals surface area contributed by atoms with Gasteiger partial charge in [0.25, 0.3) is 0 Å². The maximum atomic E-state index is 12.3. The van der Waals surface area contributed by atoms with E-state index >= 15 is 0 Å². The Labute approximate surface area is 144 Å². The average molecular weight is 329 g/mol. The van der Waals surface area contributed by atoms with Gasteiger partial charge < -0.3 is 20.0 Å². The quantitative estimate of drug-likeness (QED) is 0.898. The maximum Gasteiger partial charge on any atom is 0.321 e. The highest BCUT2D eigenvalue weighted by Crippen LogP contribution is 2.15. The van der Waals surface area contributed by atoms with Crippen molar-refractivity contribution in [3.05, 3.63) is 29.8 Å². The van der Waals surface area contributed by atoms with E-state index < -0.39 is 0 Å². The average Bonchev–Trinajstić information content (AvgIpc) is 2.60. The number of amides is 2. The summed E-state index contributed by atoms with van der Waals surface area (Å²) in [6.45, 7) is 3.77. The largest absolute Gasteiger partial charge is 0.326 e. The zero-order valence-corrected chi connectivity index (χ0v) is 14.8. The summed E-state index contributed by atoms with van der Waals surface area (Å²) in [6, 6.07) is 9.54. The van der Waals surface area contributed by atoms with Crippen LogP contribution in [0.15, 0.2) is 24.3 Å². The number of hydrogen-bond donors (Lipinski definition) is 1. The summed E-state index contributed by atoms with van der Waals surface area (Å²) in [7, 11) is 6.08. The summed E-state index contributed by atoms with van der Waals surface area (Å²) in [5, 5.41) is 11.9. The van der Waals surface area contributed by atoms with Gasteiger partial charge in [-0.2, -0.15) is 5.26 Å². The molecule has 1 aliphatic heterocycles. The first-order valence-corrected chi connectivity index (χ1v) is 8.41. The van der Waals surface area contributed by atoms with Crippen LogP contribution in [0, 0.1) is 11.3 Å². The van der Waals surface area contributed by atoms with Crippen LogP contribution < -0.4 is 5.32 Å². The molecule has 1 aliphatic rings. The van der Waals surface area contributed by atoms with Crippen LogP contribution in [-0.2, 0) is 0 Å². The number of benzene rings is 1. The van der Waals surface area contributed by atoms with Crippen LogP contribution in [-0.4, -0.2) is 74.1 Å². The zero-order valence-electron chi connectivity index (χ0n) is 14.8. The molecule has 1 fully saturated rings. The lowest BCUT2D eigenvalue weighted by atomic mass is 10.0. The van der Waals surface area contributed by atoms with Crippen LogP contribution in [0.2, 0.25) is 0 Å². The molecule has 1 aromatic carbocycles. The van der Waals surface area contributed by atoms with Crippen molar-refractivity contribution in [1.29, 1.82) is 5.26 Å². The van der Waals surface area contributed by atoms with Gasteiger partial charge >= 0.3 is 6.03 Å². The fourth-order valence-corrected chi connectivity index (χ4v) is 2.93. The van der Waals surface area contributed by atoms with Crippen molar-refractivity contribution in [2.45, 2.75) is 18.9 Å². The highest BCUT2D eigenvalue weighted by molar-refractivity contribution is 5.90. The minimum Gasteiger partial charge on any atom is -0.326 e. The number of carbonyl (C=O) groups excluding carboxylic acids is 1. The van der Waals surface area contributed by atoms with Crippen molar-refractivity contribution in [2.75, 3.05) is 52.6 Å². The van der Waals surface area contributed by atoms with Gasteiger partial charge in [0.1, 0.15) is 6.07 Å². The number of para-hydroxylation sites is 1. The number of likely N-dealkylation sites (tertiary alicyclic amines) is 1. The lowest BCUT2D eigenvalue weighted by Gasteiger charge is -2.35. The van der Waals surface area contributed by atoms with Crippen molar-refractivity contribution in [2.24, 2.45) is 0 Å². The summed E-state index contributed by atoms with van der Waals surface area (Å²) in [4.78, 5) is 18.7. The molecule has 1 saturated heterocycles. The van der Waals surface area contributed by atoms with E-state index in [9.17, 15) is 4.79 Å². The van der Waals surface area contributed by atoms with Gasteiger partial charge in [-0.1, -0.05) is 12.1 Å². The van der Waals surface area contributed by atoms with Gasteiger partial charge in [0.05, 0.1) is 11.3 Å². The lowest BCUT2D eigenvalue weighted by Crippen LogP contribution is -2.45. The summed E-state index contributed by atoms with van der Waals surface area (Å²) >= 11 is 0. The van der Waals surface area contributed by atoms with E-state index in [2.05, 4.69) is 35.3 Å². The molecule has 1 N–H and O–H groups in total. The van der Waals surface area contributed by atoms with Crippen LogP contribution in [0.3, 0.4) is 0 Å². The standard InChI is InChI=1S/C18H27N5O/c1-21-10-8-16(9-11-21)22(2)12-13-23(3)18(24)20-17-7-5-4-6-15(17)14-19/h4-7,16H,8-13H2,1-3H3,(H,20,24). The third-order valence-electron chi connectivity index (χ3n) is 4.74. The fourth-order valence-electron chi connectivity index (χ4n) is 2.93. The Balaban J connectivity index is 1.80. The van der Waals surface area contributed by atoms with Gasteiger partial charge in [0.2, 0.25) is 0 Å². The summed E-state index contributed by atoms with van der Waals surface area (Å²) in [5.74, 6) is 0. The number of piperidine rings is 1. The molecule has 24 heavy (non-hydrogen) atoms. The van der Waals surface area contributed by atoms with Crippen molar-refractivity contribution in [3.8, 4) is 6.07 Å². The zero-order chi connectivity index (χ0) is 17.5. The molecule has 2 amide bonds. The van der Waals surface area contributed by atoms with Gasteiger partial charge in [-0.15, -0.1) is 0 Å². The molecule has 6 nitrogen and oxygen atoms in total. The third kappa shape index (κ3) is 4.95. The Hall–Kier alpha value is -2.10.